The van der Waals surface area contributed by atoms with E-state index in [1.807, 2.05) is 6.08 Å². The number of carbonyl (C=O) groups excluding carboxylic acids is 2. The maximum absolute atomic E-state index is 12.7. The van der Waals surface area contributed by atoms with E-state index in [0.29, 0.717) is 38.1 Å². The number of hydrogen-bond donors (Lipinski definition) is 0. The van der Waals surface area contributed by atoms with Crippen LogP contribution < -0.4 is 0 Å². The lowest BCUT2D eigenvalue weighted by atomic mass is 9.88. The van der Waals surface area contributed by atoms with Gasteiger partial charge in [0.15, 0.2) is 0 Å². The molecule has 7 nitrogen and oxygen atoms in total. The summed E-state index contributed by atoms with van der Waals surface area (Å²) in [4.78, 5) is 26.7. The fourth-order valence-electron chi connectivity index (χ4n) is 3.90. The molecule has 0 bridgehead atoms. The van der Waals surface area contributed by atoms with E-state index in [9.17, 15) is 18.0 Å². The maximum atomic E-state index is 12.7. The van der Waals surface area contributed by atoms with Crippen molar-refractivity contribution in [1.82, 2.24) is 9.21 Å². The first-order valence-electron chi connectivity index (χ1n) is 8.72. The van der Waals surface area contributed by atoms with Crippen molar-refractivity contribution in [2.75, 3.05) is 19.7 Å². The van der Waals surface area contributed by atoms with Crippen LogP contribution in [0.25, 0.3) is 0 Å². The van der Waals surface area contributed by atoms with Gasteiger partial charge >= 0.3 is 0 Å². The quantitative estimate of drug-likeness (QED) is 0.726. The Kier molecular flexibility index (Phi) is 3.19. The van der Waals surface area contributed by atoms with Gasteiger partial charge in [-0.05, 0) is 37.5 Å². The van der Waals surface area contributed by atoms with Crippen molar-refractivity contribution in [3.63, 3.8) is 0 Å². The number of amides is 2. The van der Waals surface area contributed by atoms with E-state index in [0.717, 1.165) is 10.7 Å². The normalized spacial score (nSPS) is 25.3. The third kappa shape index (κ3) is 2.18. The molecule has 0 radical (unpaired) electrons. The van der Waals surface area contributed by atoms with Crippen molar-refractivity contribution in [3.8, 4) is 0 Å². The Morgan fingerprint density at radius 3 is 2.62 bits per heavy atom. The number of ether oxygens (including phenoxy) is 1. The molecule has 1 saturated heterocycles. The van der Waals surface area contributed by atoms with Crippen LogP contribution in [0.1, 0.15) is 40.0 Å². The summed E-state index contributed by atoms with van der Waals surface area (Å²) in [5.41, 5.74) is 0.152. The van der Waals surface area contributed by atoms with Crippen molar-refractivity contribution >= 4 is 21.8 Å². The van der Waals surface area contributed by atoms with Crippen molar-refractivity contribution in [1.29, 1.82) is 0 Å². The third-order valence-corrected chi connectivity index (χ3v) is 7.34. The summed E-state index contributed by atoms with van der Waals surface area (Å²) in [6, 6.07) is 4.11. The lowest BCUT2D eigenvalue weighted by molar-refractivity contribution is -0.123. The number of nitrogens with zero attached hydrogens (tertiary/aromatic N) is 2. The molecule has 5 rings (SSSR count). The molecule has 3 heterocycles. The van der Waals surface area contributed by atoms with Crippen LogP contribution in [0.5, 0.6) is 0 Å². The van der Waals surface area contributed by atoms with Gasteiger partial charge in [-0.15, -0.1) is 0 Å². The minimum Gasteiger partial charge on any atom is -0.367 e. The molecule has 0 atom stereocenters. The lowest BCUT2D eigenvalue weighted by Gasteiger charge is -2.50. The molecular formula is C18H18N2O5S. The highest BCUT2D eigenvalue weighted by Crippen LogP contribution is 2.40. The van der Waals surface area contributed by atoms with E-state index in [-0.39, 0.29) is 28.0 Å². The molecule has 136 valence electrons. The van der Waals surface area contributed by atoms with Crippen LogP contribution in [0.15, 0.2) is 35.2 Å². The number of benzene rings is 1. The second kappa shape index (κ2) is 5.17. The van der Waals surface area contributed by atoms with E-state index in [4.69, 9.17) is 4.74 Å². The molecule has 1 aromatic rings. The number of fused-ring (bicyclic) bond motifs is 1. The largest absolute Gasteiger partial charge is 0.367 e. The van der Waals surface area contributed by atoms with Gasteiger partial charge in [-0.1, -0.05) is 12.2 Å². The zero-order chi connectivity index (χ0) is 18.1. The molecule has 1 spiro atoms. The van der Waals surface area contributed by atoms with Gasteiger partial charge in [0.05, 0.1) is 25.3 Å². The average Bonchev–Trinajstić information content (AvgIpc) is 3.41. The number of likely N-dealkylation sites (tertiary alicyclic amines) is 1. The Hall–Kier alpha value is -2.19. The fourth-order valence-corrected chi connectivity index (χ4v) is 5.74. The zero-order valence-corrected chi connectivity index (χ0v) is 14.9. The molecule has 1 aliphatic carbocycles. The topological polar surface area (TPSA) is 84.0 Å². The highest BCUT2D eigenvalue weighted by atomic mass is 32.2. The fraction of sp³-hybridized carbons (Fsp3) is 0.444. The summed E-state index contributed by atoms with van der Waals surface area (Å²) in [5, 5.41) is 0. The third-order valence-electron chi connectivity index (χ3n) is 5.46. The summed E-state index contributed by atoms with van der Waals surface area (Å²) in [6.07, 6.45) is 6.21. The molecule has 0 unspecified atom stereocenters. The second-order valence-electron chi connectivity index (χ2n) is 7.38. The molecule has 1 saturated carbocycles. The van der Waals surface area contributed by atoms with Crippen molar-refractivity contribution in [2.24, 2.45) is 0 Å². The Labute approximate surface area is 151 Å². The van der Waals surface area contributed by atoms with Crippen LogP contribution in [0, 0.1) is 0 Å². The first-order valence-corrected chi connectivity index (χ1v) is 10.2. The van der Waals surface area contributed by atoms with Crippen molar-refractivity contribution < 1.29 is 22.7 Å². The van der Waals surface area contributed by atoms with E-state index < -0.39 is 15.9 Å². The van der Waals surface area contributed by atoms with Crippen LogP contribution in [-0.4, -0.2) is 60.8 Å². The van der Waals surface area contributed by atoms with Gasteiger partial charge in [0.1, 0.15) is 10.5 Å². The Morgan fingerprint density at radius 1 is 1.19 bits per heavy atom. The maximum Gasteiger partial charge on any atom is 0.269 e. The number of rotatable bonds is 2. The van der Waals surface area contributed by atoms with Crippen molar-refractivity contribution in [3.05, 3.63) is 41.5 Å². The van der Waals surface area contributed by atoms with Crippen LogP contribution in [0.2, 0.25) is 0 Å². The first-order chi connectivity index (χ1) is 12.4. The van der Waals surface area contributed by atoms with Gasteiger partial charge in [0.25, 0.3) is 21.8 Å². The summed E-state index contributed by atoms with van der Waals surface area (Å²) in [7, 11) is -3.85. The van der Waals surface area contributed by atoms with E-state index >= 15 is 0 Å². The lowest BCUT2D eigenvalue weighted by Crippen LogP contribution is -2.65. The zero-order valence-electron chi connectivity index (χ0n) is 14.1. The minimum atomic E-state index is -3.85. The van der Waals surface area contributed by atoms with Gasteiger partial charge in [0, 0.05) is 11.6 Å². The van der Waals surface area contributed by atoms with Gasteiger partial charge < -0.3 is 9.64 Å². The van der Waals surface area contributed by atoms with Crippen LogP contribution in [0.3, 0.4) is 0 Å². The summed E-state index contributed by atoms with van der Waals surface area (Å²) in [5.74, 6) is -0.712. The van der Waals surface area contributed by atoms with Crippen LogP contribution in [0.4, 0.5) is 0 Å². The van der Waals surface area contributed by atoms with E-state index in [2.05, 4.69) is 6.08 Å². The molecule has 2 fully saturated rings. The van der Waals surface area contributed by atoms with E-state index in [1.54, 1.807) is 4.90 Å². The standard InChI is InChI=1S/C18H18N2O5S/c21-16(19-10-18(11-19)7-1-2-8-25-18)12-3-6-14-15(9-12)26(23,24)20(17(14)22)13-4-5-13/h1-3,6,9,13H,4-5,7-8,10-11H2. The number of hydrogen-bond acceptors (Lipinski definition) is 5. The molecular weight excluding hydrogens is 356 g/mol. The van der Waals surface area contributed by atoms with Gasteiger partial charge in [-0.25, -0.2) is 12.7 Å². The highest BCUT2D eigenvalue weighted by molar-refractivity contribution is 7.90. The summed E-state index contributed by atoms with van der Waals surface area (Å²) in [6.45, 7) is 1.54. The SMILES string of the molecule is O=C(c1ccc2c(c1)S(=O)(=O)N(C1CC1)C2=O)N1CC2(CC=CCO2)C1. The minimum absolute atomic E-state index is 0.0488. The second-order valence-corrected chi connectivity index (χ2v) is 9.16. The van der Waals surface area contributed by atoms with Gasteiger partial charge in [0.2, 0.25) is 0 Å². The summed E-state index contributed by atoms with van der Waals surface area (Å²) >= 11 is 0. The molecule has 2 amide bonds. The Bertz CT molecular complexity index is 958. The molecule has 0 N–H and O–H groups in total. The Morgan fingerprint density at radius 2 is 1.96 bits per heavy atom. The number of carbonyl (C=O) groups is 2. The molecule has 0 aromatic heterocycles. The van der Waals surface area contributed by atoms with E-state index in [1.165, 1.54) is 18.2 Å². The molecule has 4 aliphatic rings. The van der Waals surface area contributed by atoms with Gasteiger partial charge in [-0.3, -0.25) is 9.59 Å². The number of sulfonamides is 1. The predicted molar refractivity (Wildman–Crippen MR) is 91.2 cm³/mol. The first kappa shape index (κ1) is 16.0. The molecule has 3 aliphatic heterocycles. The smallest absolute Gasteiger partial charge is 0.269 e. The average molecular weight is 374 g/mol. The highest BCUT2D eigenvalue weighted by Gasteiger charge is 2.50. The summed E-state index contributed by atoms with van der Waals surface area (Å²) < 4.78 is 32.1. The molecule has 8 heteroatoms. The van der Waals surface area contributed by atoms with Crippen molar-refractivity contribution in [2.45, 2.75) is 35.8 Å². The predicted octanol–water partition coefficient (Wildman–Crippen LogP) is 1.16. The Balaban J connectivity index is 1.41. The van der Waals surface area contributed by atoms with Gasteiger partial charge in [-0.2, -0.15) is 0 Å². The molecule has 1 aromatic carbocycles. The monoisotopic (exact) mass is 374 g/mol. The van der Waals surface area contributed by atoms with Crippen LogP contribution >= 0.6 is 0 Å². The van der Waals surface area contributed by atoms with Crippen LogP contribution in [-0.2, 0) is 14.8 Å². The molecule has 26 heavy (non-hydrogen) atoms.